The van der Waals surface area contributed by atoms with E-state index in [9.17, 15) is 0 Å². The number of piperidine rings is 1. The molecule has 1 aliphatic carbocycles. The molecule has 0 amide bonds. The number of aliphatic imine (C=N–C) groups is 1. The Balaban J connectivity index is 0.00000288. The fourth-order valence-corrected chi connectivity index (χ4v) is 4.55. The van der Waals surface area contributed by atoms with Crippen LogP contribution in [0.5, 0.6) is 0 Å². The van der Waals surface area contributed by atoms with E-state index in [2.05, 4.69) is 35.6 Å². The first-order valence-electron chi connectivity index (χ1n) is 9.55. The molecule has 142 valence electrons. The lowest BCUT2D eigenvalue weighted by Gasteiger charge is -2.30. The predicted octanol–water partition coefficient (Wildman–Crippen LogP) is 3.57. The van der Waals surface area contributed by atoms with E-state index in [1.54, 1.807) is 0 Å². The number of hydrogen-bond donors (Lipinski definition) is 2. The molecular weight excluding hydrogens is 431 g/mol. The summed E-state index contributed by atoms with van der Waals surface area (Å²) in [6, 6.07) is 0.609. The number of halogens is 1. The average molecular weight is 468 g/mol. The van der Waals surface area contributed by atoms with Gasteiger partial charge in [-0.2, -0.15) is 11.8 Å². The summed E-state index contributed by atoms with van der Waals surface area (Å²) in [5, 5.41) is 7.91. The second-order valence-electron chi connectivity index (χ2n) is 6.94. The Morgan fingerprint density at radius 3 is 2.50 bits per heavy atom. The zero-order valence-electron chi connectivity index (χ0n) is 15.7. The zero-order chi connectivity index (χ0) is 16.5. The molecule has 1 saturated heterocycles. The summed E-state index contributed by atoms with van der Waals surface area (Å²) in [5.41, 5.74) is 0. The average Bonchev–Trinajstić information content (AvgIpc) is 3.03. The summed E-state index contributed by atoms with van der Waals surface area (Å²) < 4.78 is 0. The highest BCUT2D eigenvalue weighted by molar-refractivity contribution is 14.0. The molecule has 2 fully saturated rings. The topological polar surface area (TPSA) is 39.7 Å². The fourth-order valence-electron chi connectivity index (χ4n) is 3.75. The maximum Gasteiger partial charge on any atom is 0.191 e. The van der Waals surface area contributed by atoms with Crippen molar-refractivity contribution in [2.45, 2.75) is 63.7 Å². The van der Waals surface area contributed by atoms with Gasteiger partial charge in [0.2, 0.25) is 0 Å². The third kappa shape index (κ3) is 7.68. The Morgan fingerprint density at radius 1 is 1.17 bits per heavy atom. The molecular formula is C18H37IN4S. The number of nitrogens with one attached hydrogen (secondary N) is 2. The van der Waals surface area contributed by atoms with E-state index in [0.717, 1.165) is 30.2 Å². The van der Waals surface area contributed by atoms with Crippen LogP contribution >= 0.6 is 35.7 Å². The minimum atomic E-state index is 0. The summed E-state index contributed by atoms with van der Waals surface area (Å²) in [7, 11) is 0. The van der Waals surface area contributed by atoms with Gasteiger partial charge in [0.25, 0.3) is 0 Å². The molecule has 2 unspecified atom stereocenters. The maximum absolute atomic E-state index is 4.84. The number of hydrogen-bond acceptors (Lipinski definition) is 3. The molecule has 0 aromatic carbocycles. The van der Waals surface area contributed by atoms with Crippen molar-refractivity contribution >= 4 is 41.7 Å². The quantitative estimate of drug-likeness (QED) is 0.341. The van der Waals surface area contributed by atoms with E-state index in [1.807, 2.05) is 11.8 Å². The van der Waals surface area contributed by atoms with Gasteiger partial charge in [0.15, 0.2) is 5.96 Å². The molecule has 0 radical (unpaired) electrons. The monoisotopic (exact) mass is 468 g/mol. The van der Waals surface area contributed by atoms with Crippen LogP contribution in [-0.4, -0.2) is 61.1 Å². The second kappa shape index (κ2) is 12.6. The summed E-state index contributed by atoms with van der Waals surface area (Å²) in [4.78, 5) is 7.40. The van der Waals surface area contributed by atoms with Crippen molar-refractivity contribution in [1.82, 2.24) is 15.5 Å². The van der Waals surface area contributed by atoms with Crippen LogP contribution in [0.25, 0.3) is 0 Å². The number of likely N-dealkylation sites (tertiary alicyclic amines) is 1. The zero-order valence-corrected chi connectivity index (χ0v) is 18.9. The molecule has 0 aromatic rings. The highest BCUT2D eigenvalue weighted by atomic mass is 127. The molecule has 0 spiro atoms. The molecule has 6 heteroatoms. The molecule has 1 heterocycles. The highest BCUT2D eigenvalue weighted by Gasteiger charge is 2.24. The molecule has 2 aliphatic rings. The van der Waals surface area contributed by atoms with E-state index in [4.69, 9.17) is 4.99 Å². The first-order chi connectivity index (χ1) is 11.2. The van der Waals surface area contributed by atoms with Gasteiger partial charge in [-0.25, -0.2) is 0 Å². The van der Waals surface area contributed by atoms with Crippen LogP contribution in [0.2, 0.25) is 0 Å². The van der Waals surface area contributed by atoms with Gasteiger partial charge in [-0.3, -0.25) is 4.99 Å². The van der Waals surface area contributed by atoms with Crippen LogP contribution < -0.4 is 10.6 Å². The Bertz CT molecular complexity index is 359. The lowest BCUT2D eigenvalue weighted by molar-refractivity contribution is 0.188. The van der Waals surface area contributed by atoms with Gasteiger partial charge >= 0.3 is 0 Å². The first kappa shape index (κ1) is 22.4. The number of rotatable bonds is 7. The van der Waals surface area contributed by atoms with Crippen LogP contribution in [-0.2, 0) is 0 Å². The van der Waals surface area contributed by atoms with Crippen LogP contribution in [0.4, 0.5) is 0 Å². The van der Waals surface area contributed by atoms with Gasteiger partial charge in [-0.15, -0.1) is 24.0 Å². The standard InChI is InChI=1S/C18H36N4S.HI/c1-4-19-18(21-16-6-7-17(14-16)23-3)20-11-8-15-9-12-22(5-2)13-10-15;/h15-17H,4-14H2,1-3H3,(H2,19,20,21);1H. The minimum absolute atomic E-state index is 0. The van der Waals surface area contributed by atoms with Crippen molar-refractivity contribution in [3.8, 4) is 0 Å². The lowest BCUT2D eigenvalue weighted by Crippen LogP contribution is -2.42. The number of thioether (sulfide) groups is 1. The third-order valence-electron chi connectivity index (χ3n) is 5.36. The van der Waals surface area contributed by atoms with Crippen LogP contribution in [0, 0.1) is 5.92 Å². The molecule has 2 rings (SSSR count). The van der Waals surface area contributed by atoms with Crippen molar-refractivity contribution in [1.29, 1.82) is 0 Å². The molecule has 0 aromatic heterocycles. The fraction of sp³-hybridized carbons (Fsp3) is 0.944. The van der Waals surface area contributed by atoms with Gasteiger partial charge in [-0.05, 0) is 77.3 Å². The normalized spacial score (nSPS) is 26.2. The number of guanidine groups is 1. The van der Waals surface area contributed by atoms with Crippen LogP contribution in [0.3, 0.4) is 0 Å². The van der Waals surface area contributed by atoms with Gasteiger partial charge in [0.05, 0.1) is 0 Å². The first-order valence-corrected chi connectivity index (χ1v) is 10.8. The van der Waals surface area contributed by atoms with Gasteiger partial charge < -0.3 is 15.5 Å². The van der Waals surface area contributed by atoms with E-state index in [0.29, 0.717) is 6.04 Å². The molecule has 1 aliphatic heterocycles. The van der Waals surface area contributed by atoms with E-state index in [-0.39, 0.29) is 24.0 Å². The predicted molar refractivity (Wildman–Crippen MR) is 119 cm³/mol. The van der Waals surface area contributed by atoms with E-state index < -0.39 is 0 Å². The molecule has 4 nitrogen and oxygen atoms in total. The molecule has 2 N–H and O–H groups in total. The number of nitrogens with zero attached hydrogens (tertiary/aromatic N) is 2. The van der Waals surface area contributed by atoms with Gasteiger partial charge in [0, 0.05) is 24.4 Å². The summed E-state index contributed by atoms with van der Waals surface area (Å²) >= 11 is 2.01. The highest BCUT2D eigenvalue weighted by Crippen LogP contribution is 2.28. The smallest absolute Gasteiger partial charge is 0.191 e. The van der Waals surface area contributed by atoms with E-state index in [1.165, 1.54) is 58.2 Å². The Morgan fingerprint density at radius 2 is 1.92 bits per heavy atom. The minimum Gasteiger partial charge on any atom is -0.357 e. The largest absolute Gasteiger partial charge is 0.357 e. The Kier molecular flexibility index (Phi) is 11.8. The van der Waals surface area contributed by atoms with Crippen molar-refractivity contribution in [3.63, 3.8) is 0 Å². The van der Waals surface area contributed by atoms with Crippen molar-refractivity contribution in [2.24, 2.45) is 10.9 Å². The maximum atomic E-state index is 4.84. The Labute approximate surface area is 170 Å². The van der Waals surface area contributed by atoms with Gasteiger partial charge in [-0.1, -0.05) is 6.92 Å². The van der Waals surface area contributed by atoms with Crippen molar-refractivity contribution in [2.75, 3.05) is 39.0 Å². The SMILES string of the molecule is CCNC(=NCCC1CCN(CC)CC1)NC1CCC(SC)C1.I. The second-order valence-corrected chi connectivity index (χ2v) is 8.08. The molecule has 24 heavy (non-hydrogen) atoms. The Hall–Kier alpha value is 0.310. The van der Waals surface area contributed by atoms with Crippen molar-refractivity contribution < 1.29 is 0 Å². The molecule has 2 atom stereocenters. The molecule has 1 saturated carbocycles. The van der Waals surface area contributed by atoms with Crippen molar-refractivity contribution in [3.05, 3.63) is 0 Å². The van der Waals surface area contributed by atoms with E-state index >= 15 is 0 Å². The summed E-state index contributed by atoms with van der Waals surface area (Å²) in [5.74, 6) is 1.90. The van der Waals surface area contributed by atoms with Crippen LogP contribution in [0.1, 0.15) is 52.4 Å². The third-order valence-corrected chi connectivity index (χ3v) is 6.46. The lowest BCUT2D eigenvalue weighted by atomic mass is 9.94. The van der Waals surface area contributed by atoms with Crippen LogP contribution in [0.15, 0.2) is 4.99 Å². The summed E-state index contributed by atoms with van der Waals surface area (Å²) in [6.45, 7) is 10.1. The molecule has 0 bridgehead atoms. The van der Waals surface area contributed by atoms with Gasteiger partial charge in [0.1, 0.15) is 0 Å². The summed E-state index contributed by atoms with van der Waals surface area (Å²) in [6.07, 6.45) is 10.1.